The standard InChI is InChI=1S/C21H32N6O/c1-3-22-21(27-11-8-17(16-27)18-13-24-25(2)15-18)23-14-19(20-7-6-12-28-20)26-9-4-5-10-26/h6-7,12-13,15,17,19H,3-5,8-11,14,16H2,1-2H3,(H,22,23). The van der Waals surface area contributed by atoms with Crippen molar-refractivity contribution in [2.24, 2.45) is 12.0 Å². The van der Waals surface area contributed by atoms with Gasteiger partial charge in [0.2, 0.25) is 0 Å². The number of nitrogens with zero attached hydrogens (tertiary/aromatic N) is 5. The molecule has 0 aromatic carbocycles. The number of aromatic nitrogens is 2. The SMILES string of the molecule is CCNC(=NCC(c1ccco1)N1CCCC1)N1CCC(c2cnn(C)c2)C1. The third-order valence-electron chi connectivity index (χ3n) is 5.89. The number of nitrogens with one attached hydrogen (secondary N) is 1. The molecule has 0 amide bonds. The lowest BCUT2D eigenvalue weighted by molar-refractivity contribution is 0.220. The van der Waals surface area contributed by atoms with Crippen LogP contribution in [0.2, 0.25) is 0 Å². The summed E-state index contributed by atoms with van der Waals surface area (Å²) in [5, 5.41) is 7.83. The summed E-state index contributed by atoms with van der Waals surface area (Å²) in [4.78, 5) is 9.94. The van der Waals surface area contributed by atoms with Crippen molar-refractivity contribution in [1.82, 2.24) is 24.9 Å². The van der Waals surface area contributed by atoms with Gasteiger partial charge in [-0.15, -0.1) is 0 Å². The fourth-order valence-corrected chi connectivity index (χ4v) is 4.39. The highest BCUT2D eigenvalue weighted by Crippen LogP contribution is 2.28. The fourth-order valence-electron chi connectivity index (χ4n) is 4.39. The predicted octanol–water partition coefficient (Wildman–Crippen LogP) is 2.61. The second-order valence-corrected chi connectivity index (χ2v) is 7.85. The fraction of sp³-hybridized carbons (Fsp3) is 0.619. The third kappa shape index (κ3) is 4.24. The Bertz CT molecular complexity index is 762. The Hall–Kier alpha value is -2.28. The lowest BCUT2D eigenvalue weighted by Crippen LogP contribution is -2.40. The van der Waals surface area contributed by atoms with Crippen LogP contribution in [0.25, 0.3) is 0 Å². The topological polar surface area (TPSA) is 61.8 Å². The van der Waals surface area contributed by atoms with Crippen molar-refractivity contribution in [2.45, 2.75) is 38.1 Å². The van der Waals surface area contributed by atoms with Crippen LogP contribution in [0.1, 0.15) is 49.5 Å². The summed E-state index contributed by atoms with van der Waals surface area (Å²) in [6.07, 6.45) is 9.58. The molecule has 2 aromatic heterocycles. The zero-order valence-corrected chi connectivity index (χ0v) is 17.0. The first-order chi connectivity index (χ1) is 13.7. The van der Waals surface area contributed by atoms with Gasteiger partial charge in [0.15, 0.2) is 5.96 Å². The molecule has 7 heteroatoms. The van der Waals surface area contributed by atoms with Crippen LogP contribution in [0, 0.1) is 0 Å². The number of furan rings is 1. The van der Waals surface area contributed by atoms with Gasteiger partial charge in [-0.25, -0.2) is 0 Å². The van der Waals surface area contributed by atoms with Gasteiger partial charge in [0.25, 0.3) is 0 Å². The second kappa shape index (κ2) is 8.82. The minimum Gasteiger partial charge on any atom is -0.468 e. The highest BCUT2D eigenvalue weighted by Gasteiger charge is 2.29. The van der Waals surface area contributed by atoms with E-state index >= 15 is 0 Å². The zero-order chi connectivity index (χ0) is 19.3. The van der Waals surface area contributed by atoms with Gasteiger partial charge in [0.05, 0.1) is 25.0 Å². The van der Waals surface area contributed by atoms with Crippen LogP contribution in [0.15, 0.2) is 40.2 Å². The van der Waals surface area contributed by atoms with Crippen LogP contribution in [0.3, 0.4) is 0 Å². The van der Waals surface area contributed by atoms with Crippen LogP contribution in [-0.4, -0.2) is 64.8 Å². The Kier molecular flexibility index (Phi) is 6.00. The molecule has 2 unspecified atom stereocenters. The molecular formula is C21H32N6O. The Balaban J connectivity index is 1.46. The first kappa shape index (κ1) is 19.1. The van der Waals surface area contributed by atoms with E-state index in [1.54, 1.807) is 6.26 Å². The molecule has 2 aliphatic heterocycles. The normalized spacial score (nSPS) is 22.1. The maximum Gasteiger partial charge on any atom is 0.194 e. The summed E-state index contributed by atoms with van der Waals surface area (Å²) >= 11 is 0. The van der Waals surface area contributed by atoms with E-state index in [0.29, 0.717) is 5.92 Å². The quantitative estimate of drug-likeness (QED) is 0.613. The largest absolute Gasteiger partial charge is 0.468 e. The molecule has 0 saturated carbocycles. The van der Waals surface area contributed by atoms with Gasteiger partial charge < -0.3 is 14.6 Å². The molecule has 1 N–H and O–H groups in total. The van der Waals surface area contributed by atoms with Crippen molar-refractivity contribution in [1.29, 1.82) is 0 Å². The smallest absolute Gasteiger partial charge is 0.194 e. The molecule has 0 spiro atoms. The van der Waals surface area contributed by atoms with Gasteiger partial charge in [-0.2, -0.15) is 5.10 Å². The van der Waals surface area contributed by atoms with Gasteiger partial charge in [-0.1, -0.05) is 0 Å². The van der Waals surface area contributed by atoms with Crippen molar-refractivity contribution in [3.05, 3.63) is 42.1 Å². The summed E-state index contributed by atoms with van der Waals surface area (Å²) in [6, 6.07) is 4.29. The Morgan fingerprint density at radius 2 is 2.21 bits per heavy atom. The average Bonchev–Trinajstić information content (AvgIpc) is 3.47. The van der Waals surface area contributed by atoms with E-state index in [4.69, 9.17) is 9.41 Å². The molecular weight excluding hydrogens is 352 g/mol. The molecule has 152 valence electrons. The molecule has 0 aliphatic carbocycles. The van der Waals surface area contributed by atoms with E-state index in [1.165, 1.54) is 18.4 Å². The molecule has 4 rings (SSSR count). The molecule has 2 aromatic rings. The number of guanidine groups is 1. The van der Waals surface area contributed by atoms with Gasteiger partial charge >= 0.3 is 0 Å². The van der Waals surface area contributed by atoms with E-state index in [0.717, 1.165) is 57.4 Å². The minimum absolute atomic E-state index is 0.225. The number of hydrogen-bond acceptors (Lipinski definition) is 4. The van der Waals surface area contributed by atoms with Crippen LogP contribution in [0.4, 0.5) is 0 Å². The Morgan fingerprint density at radius 3 is 2.89 bits per heavy atom. The summed E-state index contributed by atoms with van der Waals surface area (Å²) in [6.45, 7) is 8.02. The number of rotatable bonds is 6. The first-order valence-corrected chi connectivity index (χ1v) is 10.5. The van der Waals surface area contributed by atoms with Gasteiger partial charge in [0, 0.05) is 38.8 Å². The monoisotopic (exact) mass is 384 g/mol. The van der Waals surface area contributed by atoms with E-state index in [9.17, 15) is 0 Å². The summed E-state index contributed by atoms with van der Waals surface area (Å²) in [5.74, 6) is 2.57. The molecule has 2 saturated heterocycles. The van der Waals surface area contributed by atoms with Gasteiger partial charge in [0.1, 0.15) is 5.76 Å². The first-order valence-electron chi connectivity index (χ1n) is 10.5. The molecule has 2 aliphatic rings. The van der Waals surface area contributed by atoms with Crippen molar-refractivity contribution in [2.75, 3.05) is 39.3 Å². The lowest BCUT2D eigenvalue weighted by Gasteiger charge is -2.26. The van der Waals surface area contributed by atoms with Crippen LogP contribution >= 0.6 is 0 Å². The minimum atomic E-state index is 0.225. The van der Waals surface area contributed by atoms with Crippen LogP contribution in [0.5, 0.6) is 0 Å². The number of hydrogen-bond donors (Lipinski definition) is 1. The number of aliphatic imine (C=N–C) groups is 1. The molecule has 28 heavy (non-hydrogen) atoms. The van der Waals surface area contributed by atoms with Gasteiger partial charge in [-0.3, -0.25) is 14.6 Å². The van der Waals surface area contributed by atoms with E-state index in [-0.39, 0.29) is 6.04 Å². The molecule has 2 atom stereocenters. The van der Waals surface area contributed by atoms with E-state index < -0.39 is 0 Å². The maximum absolute atomic E-state index is 5.75. The Labute approximate surface area is 167 Å². The molecule has 7 nitrogen and oxygen atoms in total. The van der Waals surface area contributed by atoms with Gasteiger partial charge in [-0.05, 0) is 57.0 Å². The summed E-state index contributed by atoms with van der Waals surface area (Å²) in [7, 11) is 1.98. The average molecular weight is 385 g/mol. The molecule has 4 heterocycles. The predicted molar refractivity (Wildman–Crippen MR) is 110 cm³/mol. The van der Waals surface area contributed by atoms with E-state index in [1.807, 2.05) is 24.0 Å². The highest BCUT2D eigenvalue weighted by atomic mass is 16.3. The van der Waals surface area contributed by atoms with E-state index in [2.05, 4.69) is 39.4 Å². The van der Waals surface area contributed by atoms with Crippen molar-refractivity contribution >= 4 is 5.96 Å². The van der Waals surface area contributed by atoms with Crippen LogP contribution in [-0.2, 0) is 7.05 Å². The van der Waals surface area contributed by atoms with Crippen molar-refractivity contribution in [3.63, 3.8) is 0 Å². The Morgan fingerprint density at radius 1 is 1.36 bits per heavy atom. The summed E-state index contributed by atoms with van der Waals surface area (Å²) in [5.41, 5.74) is 1.33. The summed E-state index contributed by atoms with van der Waals surface area (Å²) < 4.78 is 7.64. The number of likely N-dealkylation sites (tertiary alicyclic amines) is 2. The lowest BCUT2D eigenvalue weighted by atomic mass is 10.0. The van der Waals surface area contributed by atoms with Crippen molar-refractivity contribution in [3.8, 4) is 0 Å². The van der Waals surface area contributed by atoms with Crippen molar-refractivity contribution < 1.29 is 4.42 Å². The number of aryl methyl sites for hydroxylation is 1. The zero-order valence-electron chi connectivity index (χ0n) is 17.0. The molecule has 2 fully saturated rings. The highest BCUT2D eigenvalue weighted by molar-refractivity contribution is 5.80. The molecule has 0 radical (unpaired) electrons. The maximum atomic E-state index is 5.75. The third-order valence-corrected chi connectivity index (χ3v) is 5.89. The molecule has 0 bridgehead atoms. The second-order valence-electron chi connectivity index (χ2n) is 7.85. The van der Waals surface area contributed by atoms with Crippen LogP contribution < -0.4 is 5.32 Å².